The zero-order valence-corrected chi connectivity index (χ0v) is 13.8. The number of H-pyrrole nitrogens is 1. The average Bonchev–Trinajstić information content (AvgIpc) is 2.61. The summed E-state index contributed by atoms with van der Waals surface area (Å²) in [5.41, 5.74) is 2.06. The van der Waals surface area contributed by atoms with Gasteiger partial charge in [0.2, 0.25) is 0 Å². The van der Waals surface area contributed by atoms with E-state index in [0.717, 1.165) is 17.5 Å². The van der Waals surface area contributed by atoms with Crippen LogP contribution < -0.4 is 15.0 Å². The minimum absolute atomic E-state index is 0.130. The van der Waals surface area contributed by atoms with Gasteiger partial charge >= 0.3 is 0 Å². The Bertz CT molecular complexity index is 811. The zero-order valence-electron chi connectivity index (χ0n) is 13.8. The molecule has 126 valence electrons. The number of hydrogen-bond acceptors (Lipinski definition) is 5. The summed E-state index contributed by atoms with van der Waals surface area (Å²) in [6, 6.07) is 6.49. The summed E-state index contributed by atoms with van der Waals surface area (Å²) >= 11 is 0. The number of hydrogen-bond donors (Lipinski definition) is 1. The number of methoxy groups -OCH3 is 2. The van der Waals surface area contributed by atoms with Gasteiger partial charge in [0.05, 0.1) is 20.3 Å². The fourth-order valence-electron chi connectivity index (χ4n) is 3.03. The Balaban J connectivity index is 1.94. The van der Waals surface area contributed by atoms with Gasteiger partial charge in [-0.25, -0.2) is 5.10 Å². The molecule has 7 nitrogen and oxygen atoms in total. The lowest BCUT2D eigenvalue weighted by atomic mass is 9.92. The van der Waals surface area contributed by atoms with Crippen LogP contribution in [0.15, 0.2) is 29.1 Å². The van der Waals surface area contributed by atoms with E-state index in [-0.39, 0.29) is 23.2 Å². The molecule has 0 fully saturated rings. The standard InChI is InChI=1S/C17H19N3O4/c1-10-12-9-15(24-3)14(23-2)8-11(12)6-7-20(10)17(22)13-4-5-16(21)19-18-13/h4-5,8-10H,6-7H2,1-3H3,(H,19,21). The molecule has 0 saturated carbocycles. The molecule has 0 spiro atoms. The highest BCUT2D eigenvalue weighted by molar-refractivity contribution is 5.92. The molecule has 2 aromatic rings. The molecule has 0 saturated heterocycles. The summed E-state index contributed by atoms with van der Waals surface area (Å²) in [6.45, 7) is 2.54. The number of ether oxygens (including phenoxy) is 2. The smallest absolute Gasteiger partial charge is 0.274 e. The van der Waals surface area contributed by atoms with E-state index in [4.69, 9.17) is 9.47 Å². The second-order valence-corrected chi connectivity index (χ2v) is 5.64. The first kappa shape index (κ1) is 16.0. The zero-order chi connectivity index (χ0) is 17.3. The average molecular weight is 329 g/mol. The van der Waals surface area contributed by atoms with Crippen molar-refractivity contribution in [3.05, 3.63) is 51.4 Å². The monoisotopic (exact) mass is 329 g/mol. The number of benzene rings is 1. The second kappa shape index (κ2) is 6.35. The molecule has 0 radical (unpaired) electrons. The third-order valence-electron chi connectivity index (χ3n) is 4.34. The molecule has 24 heavy (non-hydrogen) atoms. The lowest BCUT2D eigenvalue weighted by molar-refractivity contribution is 0.0670. The highest BCUT2D eigenvalue weighted by Crippen LogP contribution is 2.38. The third-order valence-corrected chi connectivity index (χ3v) is 4.34. The van der Waals surface area contributed by atoms with Crippen molar-refractivity contribution in [3.8, 4) is 11.5 Å². The van der Waals surface area contributed by atoms with Crippen molar-refractivity contribution in [3.63, 3.8) is 0 Å². The number of amides is 1. The number of fused-ring (bicyclic) bond motifs is 1. The van der Waals surface area contributed by atoms with Crippen LogP contribution in [0.4, 0.5) is 0 Å². The van der Waals surface area contributed by atoms with Gasteiger partial charge in [-0.1, -0.05) is 0 Å². The number of rotatable bonds is 3. The third kappa shape index (κ3) is 2.73. The van der Waals surface area contributed by atoms with Crippen LogP contribution in [0.1, 0.15) is 34.6 Å². The van der Waals surface area contributed by atoms with Crippen LogP contribution in [0.25, 0.3) is 0 Å². The van der Waals surface area contributed by atoms with Gasteiger partial charge in [-0.05, 0) is 42.7 Å². The maximum Gasteiger partial charge on any atom is 0.274 e. The fourth-order valence-corrected chi connectivity index (χ4v) is 3.03. The number of nitrogens with one attached hydrogen (secondary N) is 1. The largest absolute Gasteiger partial charge is 0.493 e. The van der Waals surface area contributed by atoms with Gasteiger partial charge in [-0.3, -0.25) is 9.59 Å². The first-order valence-electron chi connectivity index (χ1n) is 7.66. The first-order valence-corrected chi connectivity index (χ1v) is 7.66. The minimum Gasteiger partial charge on any atom is -0.493 e. The van der Waals surface area contributed by atoms with Crippen LogP contribution in [0.5, 0.6) is 11.5 Å². The van der Waals surface area contributed by atoms with Crippen LogP contribution in [0.3, 0.4) is 0 Å². The summed E-state index contributed by atoms with van der Waals surface area (Å²) in [5.74, 6) is 1.12. The second-order valence-electron chi connectivity index (χ2n) is 5.64. The van der Waals surface area contributed by atoms with E-state index in [1.807, 2.05) is 19.1 Å². The topological polar surface area (TPSA) is 84.5 Å². The van der Waals surface area contributed by atoms with Crippen molar-refractivity contribution in [2.24, 2.45) is 0 Å². The summed E-state index contributed by atoms with van der Waals surface area (Å²) in [6.07, 6.45) is 0.717. The maximum atomic E-state index is 12.7. The van der Waals surface area contributed by atoms with Crippen LogP contribution in [-0.2, 0) is 6.42 Å². The van der Waals surface area contributed by atoms with Gasteiger partial charge in [-0.2, -0.15) is 5.10 Å². The van der Waals surface area contributed by atoms with Crippen LogP contribution in [0, 0.1) is 0 Å². The van der Waals surface area contributed by atoms with Crippen LogP contribution in [-0.4, -0.2) is 41.8 Å². The SMILES string of the molecule is COc1cc2c(cc1OC)C(C)N(C(=O)c1ccc(=O)[nH]n1)CC2. The molecule has 3 rings (SSSR count). The van der Waals surface area contributed by atoms with Gasteiger partial charge in [-0.15, -0.1) is 0 Å². The Morgan fingerprint density at radius 3 is 2.58 bits per heavy atom. The van der Waals surface area contributed by atoms with Gasteiger partial charge in [0, 0.05) is 12.6 Å². The molecule has 1 amide bonds. The summed E-state index contributed by atoms with van der Waals surface area (Å²) in [7, 11) is 3.19. The van der Waals surface area contributed by atoms with E-state index < -0.39 is 0 Å². The molecule has 0 bridgehead atoms. The Kier molecular flexibility index (Phi) is 4.24. The van der Waals surface area contributed by atoms with Crippen molar-refractivity contribution in [1.82, 2.24) is 15.1 Å². The van der Waals surface area contributed by atoms with Crippen molar-refractivity contribution in [2.45, 2.75) is 19.4 Å². The quantitative estimate of drug-likeness (QED) is 0.923. The highest BCUT2D eigenvalue weighted by Gasteiger charge is 2.30. The van der Waals surface area contributed by atoms with Crippen molar-refractivity contribution in [1.29, 1.82) is 0 Å². The molecule has 1 aliphatic heterocycles. The Morgan fingerprint density at radius 1 is 1.25 bits per heavy atom. The molecule has 0 aliphatic carbocycles. The predicted octanol–water partition coefficient (Wildman–Crippen LogP) is 1.55. The van der Waals surface area contributed by atoms with Gasteiger partial charge in [0.25, 0.3) is 11.5 Å². The van der Waals surface area contributed by atoms with E-state index in [9.17, 15) is 9.59 Å². The molecular formula is C17H19N3O4. The number of carbonyl (C=O) groups is 1. The predicted molar refractivity (Wildman–Crippen MR) is 87.6 cm³/mol. The lowest BCUT2D eigenvalue weighted by Crippen LogP contribution is -2.39. The van der Waals surface area contributed by atoms with E-state index in [1.165, 1.54) is 12.1 Å². The maximum absolute atomic E-state index is 12.7. The van der Waals surface area contributed by atoms with E-state index in [0.29, 0.717) is 18.0 Å². The molecule has 1 unspecified atom stereocenters. The molecule has 1 atom stereocenters. The minimum atomic E-state index is -0.333. The number of nitrogens with zero attached hydrogens (tertiary/aromatic N) is 2. The Labute approximate surface area is 139 Å². The number of aromatic amines is 1. The summed E-state index contributed by atoms with van der Waals surface area (Å²) < 4.78 is 10.7. The normalized spacial score (nSPS) is 16.5. The van der Waals surface area contributed by atoms with Gasteiger partial charge in [0.1, 0.15) is 5.69 Å². The summed E-state index contributed by atoms with van der Waals surface area (Å²) in [4.78, 5) is 25.5. The number of aromatic nitrogens is 2. The Morgan fingerprint density at radius 2 is 1.96 bits per heavy atom. The Hall–Kier alpha value is -2.83. The fraction of sp³-hybridized carbons (Fsp3) is 0.353. The highest BCUT2D eigenvalue weighted by atomic mass is 16.5. The lowest BCUT2D eigenvalue weighted by Gasteiger charge is -2.35. The van der Waals surface area contributed by atoms with E-state index in [1.54, 1.807) is 19.1 Å². The molecule has 1 aromatic heterocycles. The summed E-state index contributed by atoms with van der Waals surface area (Å²) in [5, 5.41) is 6.13. The van der Waals surface area contributed by atoms with Crippen molar-refractivity contribution >= 4 is 5.91 Å². The van der Waals surface area contributed by atoms with E-state index >= 15 is 0 Å². The molecule has 1 N–H and O–H groups in total. The van der Waals surface area contributed by atoms with Crippen LogP contribution in [0.2, 0.25) is 0 Å². The molecule has 2 heterocycles. The van der Waals surface area contributed by atoms with Crippen molar-refractivity contribution < 1.29 is 14.3 Å². The molecule has 7 heteroatoms. The van der Waals surface area contributed by atoms with Crippen molar-refractivity contribution in [2.75, 3.05) is 20.8 Å². The van der Waals surface area contributed by atoms with Gasteiger partial charge < -0.3 is 14.4 Å². The molecule has 1 aromatic carbocycles. The molecule has 1 aliphatic rings. The first-order chi connectivity index (χ1) is 11.5. The van der Waals surface area contributed by atoms with Gasteiger partial charge in [0.15, 0.2) is 11.5 Å². The van der Waals surface area contributed by atoms with Crippen LogP contribution >= 0.6 is 0 Å². The number of carbonyl (C=O) groups excluding carboxylic acids is 1. The molecular weight excluding hydrogens is 310 g/mol. The van der Waals surface area contributed by atoms with E-state index in [2.05, 4.69) is 10.2 Å².